The lowest BCUT2D eigenvalue weighted by Gasteiger charge is -2.34. The first kappa shape index (κ1) is 26.9. The van der Waals surface area contributed by atoms with Crippen LogP contribution in [0, 0.1) is 5.92 Å². The summed E-state index contributed by atoms with van der Waals surface area (Å²) < 4.78 is 16.3. The summed E-state index contributed by atoms with van der Waals surface area (Å²) in [5.41, 5.74) is 1.22. The minimum Gasteiger partial charge on any atom is -0.489 e. The molecule has 0 saturated carbocycles. The number of benzene rings is 1. The number of carbonyl (C=O) groups excluding carboxylic acids is 1. The predicted octanol–water partition coefficient (Wildman–Crippen LogP) is 7.44. The first-order chi connectivity index (χ1) is 14.8. The van der Waals surface area contributed by atoms with E-state index < -0.39 is 5.60 Å². The first-order valence-corrected chi connectivity index (χ1v) is 12.3. The second-order valence-electron chi connectivity index (χ2n) is 9.78. The monoisotopic (exact) mass is 500 g/mol. The molecule has 0 aromatic heterocycles. The maximum Gasteiger partial charge on any atom is 0.410 e. The molecule has 32 heavy (non-hydrogen) atoms. The summed E-state index contributed by atoms with van der Waals surface area (Å²) in [7, 11) is 0. The fraction of sp³-hybridized carbons (Fsp3) is 0.583. The number of amides is 1. The highest BCUT2D eigenvalue weighted by Crippen LogP contribution is 2.37. The highest BCUT2D eigenvalue weighted by molar-refractivity contribution is 7.99. The van der Waals surface area contributed by atoms with Crippen molar-refractivity contribution >= 4 is 47.0 Å². The van der Waals surface area contributed by atoms with Crippen molar-refractivity contribution in [2.75, 3.05) is 19.7 Å². The summed E-state index contributed by atoms with van der Waals surface area (Å²) in [5.74, 6) is 0.772. The Hall–Kier alpha value is -1.37. The molecule has 1 heterocycles. The maximum atomic E-state index is 12.5. The van der Waals surface area contributed by atoms with E-state index in [1.54, 1.807) is 17.0 Å². The van der Waals surface area contributed by atoms with Crippen LogP contribution in [0.25, 0.3) is 0 Å². The first-order valence-electron chi connectivity index (χ1n) is 10.8. The number of hydrogen-bond donors (Lipinski definition) is 0. The average Bonchev–Trinajstić information content (AvgIpc) is 2.67. The van der Waals surface area contributed by atoms with Gasteiger partial charge in [0.15, 0.2) is 0 Å². The van der Waals surface area contributed by atoms with E-state index in [1.165, 1.54) is 11.9 Å². The van der Waals surface area contributed by atoms with Crippen LogP contribution >= 0.6 is 35.1 Å². The molecule has 1 aromatic carbocycles. The zero-order valence-corrected chi connectivity index (χ0v) is 22.2. The van der Waals surface area contributed by atoms with Gasteiger partial charge < -0.3 is 14.4 Å². The Kier molecular flexibility index (Phi) is 9.38. The van der Waals surface area contributed by atoms with Crippen LogP contribution in [0.15, 0.2) is 29.2 Å². The van der Waals surface area contributed by atoms with Gasteiger partial charge in [0, 0.05) is 35.4 Å². The smallest absolute Gasteiger partial charge is 0.410 e. The maximum absolute atomic E-state index is 12.5. The van der Waals surface area contributed by atoms with Crippen molar-refractivity contribution < 1.29 is 14.3 Å². The van der Waals surface area contributed by atoms with Crippen molar-refractivity contribution in [3.05, 3.63) is 40.4 Å². The van der Waals surface area contributed by atoms with Gasteiger partial charge in [-0.2, -0.15) is 0 Å². The molecule has 1 saturated heterocycles. The minimum atomic E-state index is -0.513. The van der Waals surface area contributed by atoms with Gasteiger partial charge in [-0.05, 0) is 72.4 Å². The molecule has 2 rings (SSSR count). The van der Waals surface area contributed by atoms with E-state index in [4.69, 9.17) is 37.1 Å². The predicted molar refractivity (Wildman–Crippen MR) is 137 cm³/mol. The lowest BCUT2D eigenvalue weighted by molar-refractivity contribution is 0.0202. The zero-order valence-electron chi connectivity index (χ0n) is 19.8. The van der Waals surface area contributed by atoms with E-state index in [2.05, 4.69) is 27.4 Å². The van der Waals surface area contributed by atoms with E-state index in [0.717, 1.165) is 24.1 Å². The van der Waals surface area contributed by atoms with Crippen molar-refractivity contribution in [2.24, 2.45) is 10.3 Å². The van der Waals surface area contributed by atoms with Gasteiger partial charge in [0.2, 0.25) is 0 Å². The molecule has 1 aliphatic rings. The van der Waals surface area contributed by atoms with Gasteiger partial charge in [-0.1, -0.05) is 35.9 Å². The van der Waals surface area contributed by atoms with E-state index in [9.17, 15) is 4.79 Å². The van der Waals surface area contributed by atoms with Crippen molar-refractivity contribution in [3.8, 4) is 5.75 Å². The molecule has 1 fully saturated rings. The van der Waals surface area contributed by atoms with Crippen LogP contribution in [-0.2, 0) is 4.74 Å². The molecule has 0 N–H and O–H groups in total. The normalized spacial score (nSPS) is 16.1. The topological polar surface area (TPSA) is 51.1 Å². The van der Waals surface area contributed by atoms with Crippen molar-refractivity contribution in [1.82, 2.24) is 4.90 Å². The van der Waals surface area contributed by atoms with Gasteiger partial charge >= 0.3 is 6.09 Å². The number of ether oxygens (including phenoxy) is 2. The fourth-order valence-corrected chi connectivity index (χ4v) is 4.13. The number of rotatable bonds is 6. The van der Waals surface area contributed by atoms with Gasteiger partial charge in [-0.15, -0.1) is 0 Å². The Balaban J connectivity index is 2.33. The second-order valence-corrected chi connectivity index (χ2v) is 12.2. The summed E-state index contributed by atoms with van der Waals surface area (Å²) in [6.07, 6.45) is 2.95. The SMILES string of the molecule is C=CCOc1cc(Cl)c(Cl)cc1C(=NSC(C)(C)C)C1CCN(C(=O)OC(C)(C)C)CC1. The zero-order chi connectivity index (χ0) is 24.1. The van der Waals surface area contributed by atoms with Crippen LogP contribution in [0.4, 0.5) is 4.79 Å². The molecule has 0 aliphatic carbocycles. The average molecular weight is 502 g/mol. The third-order valence-corrected chi connectivity index (χ3v) is 6.16. The number of carbonyl (C=O) groups is 1. The van der Waals surface area contributed by atoms with E-state index >= 15 is 0 Å². The Morgan fingerprint density at radius 2 is 1.78 bits per heavy atom. The molecule has 1 amide bonds. The summed E-state index contributed by atoms with van der Waals surface area (Å²) in [6, 6.07) is 3.56. The van der Waals surface area contributed by atoms with Crippen molar-refractivity contribution in [2.45, 2.75) is 64.7 Å². The van der Waals surface area contributed by atoms with Gasteiger partial charge in [0.1, 0.15) is 18.0 Å². The number of likely N-dealkylation sites (tertiary alicyclic amines) is 1. The lowest BCUT2D eigenvalue weighted by Crippen LogP contribution is -2.43. The molecule has 5 nitrogen and oxygen atoms in total. The Bertz CT molecular complexity index is 852. The van der Waals surface area contributed by atoms with Crippen LogP contribution in [-0.4, -0.2) is 46.7 Å². The molecule has 8 heteroatoms. The molecular weight excluding hydrogens is 467 g/mol. The third kappa shape index (κ3) is 8.20. The lowest BCUT2D eigenvalue weighted by atomic mass is 9.88. The fourth-order valence-electron chi connectivity index (χ4n) is 3.19. The highest BCUT2D eigenvalue weighted by atomic mass is 35.5. The third-order valence-electron chi connectivity index (χ3n) is 4.61. The summed E-state index contributed by atoms with van der Waals surface area (Å²) in [5, 5.41) is 0.879. The number of hydrogen-bond acceptors (Lipinski definition) is 5. The molecule has 0 spiro atoms. The minimum absolute atomic E-state index is 0.0547. The summed E-state index contributed by atoms with van der Waals surface area (Å²) in [6.45, 7) is 17.3. The van der Waals surface area contributed by atoms with Crippen molar-refractivity contribution in [3.63, 3.8) is 0 Å². The van der Waals surface area contributed by atoms with Gasteiger partial charge in [0.05, 0.1) is 15.8 Å². The van der Waals surface area contributed by atoms with E-state index in [1.807, 2.05) is 26.8 Å². The Morgan fingerprint density at radius 1 is 1.19 bits per heavy atom. The van der Waals surface area contributed by atoms with Gasteiger partial charge in [0.25, 0.3) is 0 Å². The van der Waals surface area contributed by atoms with Crippen LogP contribution in [0.3, 0.4) is 0 Å². The Morgan fingerprint density at radius 3 is 2.31 bits per heavy atom. The molecule has 0 unspecified atom stereocenters. The highest BCUT2D eigenvalue weighted by Gasteiger charge is 2.31. The molecule has 1 aliphatic heterocycles. The molecule has 0 radical (unpaired) electrons. The van der Waals surface area contributed by atoms with Gasteiger partial charge in [-0.3, -0.25) is 0 Å². The van der Waals surface area contributed by atoms with Crippen LogP contribution in [0.2, 0.25) is 10.0 Å². The number of halogens is 2. The summed E-state index contributed by atoms with van der Waals surface area (Å²) >= 11 is 14.2. The van der Waals surface area contributed by atoms with E-state index in [0.29, 0.717) is 35.5 Å². The molecule has 1 aromatic rings. The van der Waals surface area contributed by atoms with E-state index in [-0.39, 0.29) is 16.8 Å². The quantitative estimate of drug-likeness (QED) is 0.231. The molecular formula is C24H34Cl2N2O3S. The largest absolute Gasteiger partial charge is 0.489 e. The summed E-state index contributed by atoms with van der Waals surface area (Å²) in [4.78, 5) is 14.2. The van der Waals surface area contributed by atoms with Crippen LogP contribution in [0.5, 0.6) is 5.75 Å². The van der Waals surface area contributed by atoms with Crippen LogP contribution < -0.4 is 4.74 Å². The number of piperidine rings is 1. The molecule has 0 bridgehead atoms. The molecule has 178 valence electrons. The number of nitrogens with zero attached hydrogens (tertiary/aromatic N) is 2. The Labute approximate surface area is 206 Å². The molecule has 0 atom stereocenters. The van der Waals surface area contributed by atoms with Gasteiger partial charge in [-0.25, -0.2) is 9.19 Å². The second kappa shape index (κ2) is 11.2. The standard InChI is InChI=1S/C24H34Cl2N2O3S/c1-8-13-30-20-15-19(26)18(25)14-17(20)21(27-32-24(5,6)7)16-9-11-28(12-10-16)22(29)31-23(2,3)4/h8,14-16H,1,9-13H2,2-7H3. The van der Waals surface area contributed by atoms with Crippen molar-refractivity contribution in [1.29, 1.82) is 0 Å². The van der Waals surface area contributed by atoms with Crippen LogP contribution in [0.1, 0.15) is 59.9 Å².